The van der Waals surface area contributed by atoms with Gasteiger partial charge in [0.15, 0.2) is 0 Å². The summed E-state index contributed by atoms with van der Waals surface area (Å²) < 4.78 is 13.2. The van der Waals surface area contributed by atoms with Crippen molar-refractivity contribution in [2.75, 3.05) is 9.80 Å². The van der Waals surface area contributed by atoms with Gasteiger partial charge in [0, 0.05) is 17.4 Å². The predicted octanol–water partition coefficient (Wildman–Crippen LogP) is 22.8. The fourth-order valence-electron chi connectivity index (χ4n) is 14.3. The number of nitrogens with zero attached hydrogens (tertiary/aromatic N) is 5. The Morgan fingerprint density at radius 3 is 1.44 bits per heavy atom. The molecular formula is C86H75N5OPt. The van der Waals surface area contributed by atoms with Crippen LogP contribution in [0.5, 0.6) is 11.5 Å². The van der Waals surface area contributed by atoms with Crippen LogP contribution < -0.4 is 14.5 Å². The van der Waals surface area contributed by atoms with Crippen LogP contribution in [-0.2, 0) is 41.0 Å². The number of ether oxygens (including phenoxy) is 1. The zero-order valence-electron chi connectivity index (χ0n) is 54.4. The molecule has 93 heavy (non-hydrogen) atoms. The van der Waals surface area contributed by atoms with E-state index in [0.29, 0.717) is 11.5 Å². The van der Waals surface area contributed by atoms with E-state index in [-0.39, 0.29) is 16.2 Å². The molecule has 0 fully saturated rings. The average Bonchev–Trinajstić information content (AvgIpc) is 1.13. The smallest absolute Gasteiger partial charge is 0.0579 e. The van der Waals surface area contributed by atoms with Crippen LogP contribution in [0.15, 0.2) is 273 Å². The Hall–Kier alpha value is -9.87. The molecule has 0 saturated carbocycles. The van der Waals surface area contributed by atoms with Crippen LogP contribution in [0.4, 0.5) is 34.3 Å². The van der Waals surface area contributed by atoms with Crippen molar-refractivity contribution < 1.29 is 24.1 Å². The normalized spacial score (nSPS) is 13.4. The molecule has 11 aromatic carbocycles. The topological polar surface area (TPSA) is 38.5 Å². The molecule has 0 N–H and O–H groups in total. The van der Waals surface area contributed by atoms with Gasteiger partial charge in [0.05, 0.1) is 11.4 Å². The molecule has 0 bridgehead atoms. The molecule has 0 unspecified atom stereocenters. The minimum absolute atomic E-state index is 0.0404. The third-order valence-corrected chi connectivity index (χ3v) is 20.0. The zero-order chi connectivity index (χ0) is 64.1. The van der Waals surface area contributed by atoms with E-state index in [2.05, 4.69) is 381 Å². The van der Waals surface area contributed by atoms with Crippen LogP contribution in [0.1, 0.15) is 107 Å². The fraction of sp³-hybridized carbons (Fsp3) is 0.163. The molecule has 13 aromatic rings. The summed E-state index contributed by atoms with van der Waals surface area (Å²) in [6, 6.07) is 98.0. The summed E-state index contributed by atoms with van der Waals surface area (Å²) in [5, 5.41) is 0. The third-order valence-electron chi connectivity index (χ3n) is 19.0. The van der Waals surface area contributed by atoms with Crippen LogP contribution >= 0.6 is 0 Å². The summed E-state index contributed by atoms with van der Waals surface area (Å²) in [5.41, 5.74) is 25.2. The number of pyridine rings is 1. The van der Waals surface area contributed by atoms with E-state index in [4.69, 9.17) is 9.72 Å². The summed E-state index contributed by atoms with van der Waals surface area (Å²) in [6.45, 7) is 23.0. The first kappa shape index (κ1) is 59.4. The van der Waals surface area contributed by atoms with Gasteiger partial charge in [0.2, 0.25) is 0 Å². The van der Waals surface area contributed by atoms with Crippen molar-refractivity contribution in [2.45, 2.75) is 90.9 Å². The number of benzene rings is 11. The molecule has 2 aliphatic rings. The van der Waals surface area contributed by atoms with Crippen molar-refractivity contribution in [3.8, 4) is 56.3 Å². The average molecular weight is 1390 g/mol. The van der Waals surface area contributed by atoms with Gasteiger partial charge in [-0.05, 0) is 75.3 Å². The summed E-state index contributed by atoms with van der Waals surface area (Å²) in [5.74, 6) is 2.25. The Morgan fingerprint density at radius 1 is 0.366 bits per heavy atom. The first-order valence-electron chi connectivity index (χ1n) is 32.3. The Bertz CT molecular complexity index is 4980. The molecule has 2 aromatic heterocycles. The Morgan fingerprint density at radius 2 is 0.849 bits per heavy atom. The summed E-state index contributed by atoms with van der Waals surface area (Å²) >= 11 is 2.53. The summed E-state index contributed by atoms with van der Waals surface area (Å²) in [7, 11) is 0. The number of rotatable bonds is 9. The van der Waals surface area contributed by atoms with Crippen LogP contribution in [0.25, 0.3) is 55.8 Å². The van der Waals surface area contributed by atoms with E-state index in [1.54, 1.807) is 0 Å². The molecule has 6 nitrogen and oxygen atoms in total. The van der Waals surface area contributed by atoms with Crippen LogP contribution in [0.2, 0.25) is 0 Å². The van der Waals surface area contributed by atoms with Crippen molar-refractivity contribution in [2.24, 2.45) is 0 Å². The minimum Gasteiger partial charge on any atom is -0.0579 e. The second-order valence-corrected chi connectivity index (χ2v) is 29.1. The number of hydrogen-bond donors (Lipinski definition) is 0. The molecule has 4 heterocycles. The first-order chi connectivity index (χ1) is 44.9. The SMILES string of the molecule is Cc1cc(N2c3ccccc3C3(c4cc(C(C)(C)C)ccc4N(c4ccccc4)c4ccc(C(C)(C)C)cc43)c3ccc(Oc4cccc(-n5[c](=[Pt])n(-c6c(-c7ccccc7)cccc6-c6ccccc6)c6ccccc65)c4)cc32)ncc1-c1ccc(C(C)(C)C)cc1. The van der Waals surface area contributed by atoms with Crippen LogP contribution in [0, 0.1) is 10.7 Å². The molecule has 2 aliphatic heterocycles. The third kappa shape index (κ3) is 10.1. The van der Waals surface area contributed by atoms with Crippen LogP contribution in [-0.4, -0.2) is 14.1 Å². The molecule has 0 amide bonds. The standard InChI is InChI=1S/C86H75N5O.Pt/c1-57-50-81(87-55-70(57)60-40-42-61(43-41-60)83(2,3)4)91-75-37-21-20-36-71(75)86(73-51-62(84(5,6)7)44-48-76(73)90(64-30-18-13-19-31-64)77-49-45-63(52-74(77)86)85(8,9)10)72-47-46-67(54-80(72)91)92-66-33-24-32-65(53-66)88-56-89(79-39-23-22-38-78(79)88)82-68(58-26-14-11-15-27-58)34-25-35-69(82)59-28-16-12-17-29-59;/h11-55H,1-10H3;. The molecule has 15 rings (SSSR count). The second-order valence-electron chi connectivity index (χ2n) is 28.0. The van der Waals surface area contributed by atoms with E-state index in [0.717, 1.165) is 105 Å². The number of fused-ring (bicyclic) bond motifs is 9. The van der Waals surface area contributed by atoms with E-state index in [1.165, 1.54) is 33.4 Å². The monoisotopic (exact) mass is 1390 g/mol. The van der Waals surface area contributed by atoms with Gasteiger partial charge in [-0.2, -0.15) is 0 Å². The molecule has 1 spiro atoms. The quantitative estimate of drug-likeness (QED) is 0.144. The van der Waals surface area contributed by atoms with Gasteiger partial charge in [-0.3, -0.25) is 0 Å². The maximum atomic E-state index is 7.35. The van der Waals surface area contributed by atoms with Gasteiger partial charge in [-0.1, -0.05) is 147 Å². The van der Waals surface area contributed by atoms with Crippen molar-refractivity contribution in [1.82, 2.24) is 14.1 Å². The molecule has 0 saturated heterocycles. The Kier molecular flexibility index (Phi) is 14.5. The number of anilines is 6. The number of aryl methyl sites for hydroxylation is 1. The first-order valence-corrected chi connectivity index (χ1v) is 33.5. The van der Waals surface area contributed by atoms with E-state index in [1.807, 2.05) is 0 Å². The zero-order valence-corrected chi connectivity index (χ0v) is 56.7. The summed E-state index contributed by atoms with van der Waals surface area (Å²) in [6.07, 6.45) is 2.07. The number of hydrogen-bond acceptors (Lipinski definition) is 4. The number of para-hydroxylation sites is 5. The molecular weight excluding hydrogens is 1310 g/mol. The van der Waals surface area contributed by atoms with Gasteiger partial charge in [0.1, 0.15) is 0 Å². The Balaban J connectivity index is 0.944. The predicted molar refractivity (Wildman–Crippen MR) is 382 cm³/mol. The van der Waals surface area contributed by atoms with E-state index in [9.17, 15) is 0 Å². The van der Waals surface area contributed by atoms with Gasteiger partial charge in [-0.25, -0.2) is 0 Å². The van der Waals surface area contributed by atoms with Gasteiger partial charge in [0.25, 0.3) is 0 Å². The second kappa shape index (κ2) is 22.8. The van der Waals surface area contributed by atoms with Crippen molar-refractivity contribution in [3.63, 3.8) is 0 Å². The summed E-state index contributed by atoms with van der Waals surface area (Å²) in [4.78, 5) is 10.4. The van der Waals surface area contributed by atoms with Gasteiger partial charge >= 0.3 is 306 Å². The fourth-order valence-corrected chi connectivity index (χ4v) is 15.4. The maximum absolute atomic E-state index is 7.35. The van der Waals surface area contributed by atoms with Crippen molar-refractivity contribution in [3.05, 3.63) is 321 Å². The number of aromatic nitrogens is 3. The molecule has 0 radical (unpaired) electrons. The molecule has 460 valence electrons. The van der Waals surface area contributed by atoms with E-state index >= 15 is 0 Å². The number of imidazole rings is 1. The van der Waals surface area contributed by atoms with Crippen molar-refractivity contribution in [1.29, 1.82) is 0 Å². The van der Waals surface area contributed by atoms with Gasteiger partial charge < -0.3 is 4.90 Å². The van der Waals surface area contributed by atoms with Crippen molar-refractivity contribution >= 4 is 45.3 Å². The minimum atomic E-state index is -0.829. The van der Waals surface area contributed by atoms with E-state index < -0.39 is 5.41 Å². The van der Waals surface area contributed by atoms with Crippen LogP contribution in [0.3, 0.4) is 0 Å². The molecule has 0 atom stereocenters. The Labute approximate surface area is 558 Å². The molecule has 0 aliphatic carbocycles. The van der Waals surface area contributed by atoms with Gasteiger partial charge in [-0.15, -0.1) is 0 Å². The molecule has 7 heteroatoms.